The fourth-order valence-electron chi connectivity index (χ4n) is 2.43. The van der Waals surface area contributed by atoms with Crippen LogP contribution in [0.2, 0.25) is 0 Å². The number of fused-ring (bicyclic) bond motifs is 1. The third-order valence-corrected chi connectivity index (χ3v) is 3.43. The van der Waals surface area contributed by atoms with E-state index in [1.807, 2.05) is 6.07 Å². The van der Waals surface area contributed by atoms with Gasteiger partial charge in [-0.3, -0.25) is 0 Å². The number of nitrogens with zero attached hydrogens (tertiary/aromatic N) is 1. The second-order valence-corrected chi connectivity index (χ2v) is 6.27. The van der Waals surface area contributed by atoms with E-state index in [1.54, 1.807) is 20.8 Å². The molecule has 1 aliphatic heterocycles. The van der Waals surface area contributed by atoms with E-state index in [-0.39, 0.29) is 12.1 Å². The Morgan fingerprint density at radius 3 is 2.50 bits per heavy atom. The molecule has 0 bridgehead atoms. The second-order valence-electron chi connectivity index (χ2n) is 6.27. The number of hydrogen-bond donors (Lipinski definition) is 1. The van der Waals surface area contributed by atoms with E-state index >= 15 is 0 Å². The SMILES string of the molecule is COc1cc2c(c(C(=O)O)c1)CN(C(=O)OC(C)(C)C)CC2. The van der Waals surface area contributed by atoms with E-state index in [9.17, 15) is 14.7 Å². The summed E-state index contributed by atoms with van der Waals surface area (Å²) in [6.07, 6.45) is 0.150. The van der Waals surface area contributed by atoms with Crippen LogP contribution in [-0.4, -0.2) is 41.3 Å². The number of aromatic carboxylic acids is 1. The monoisotopic (exact) mass is 307 g/mol. The summed E-state index contributed by atoms with van der Waals surface area (Å²) in [4.78, 5) is 25.1. The molecule has 1 aliphatic rings. The Bertz CT molecular complexity index is 603. The molecule has 0 aromatic heterocycles. The van der Waals surface area contributed by atoms with Crippen molar-refractivity contribution >= 4 is 12.1 Å². The molecule has 0 unspecified atom stereocenters. The first-order valence-electron chi connectivity index (χ1n) is 7.12. The lowest BCUT2D eigenvalue weighted by atomic mass is 9.94. The summed E-state index contributed by atoms with van der Waals surface area (Å²) in [7, 11) is 1.50. The van der Waals surface area contributed by atoms with Gasteiger partial charge in [0.05, 0.1) is 19.2 Å². The number of amides is 1. The minimum absolute atomic E-state index is 0.169. The van der Waals surface area contributed by atoms with Crippen LogP contribution in [0.25, 0.3) is 0 Å². The molecule has 1 amide bonds. The largest absolute Gasteiger partial charge is 0.497 e. The van der Waals surface area contributed by atoms with Crippen molar-refractivity contribution in [1.29, 1.82) is 0 Å². The molecule has 120 valence electrons. The van der Waals surface area contributed by atoms with Crippen LogP contribution in [0.15, 0.2) is 12.1 Å². The van der Waals surface area contributed by atoms with Gasteiger partial charge in [0, 0.05) is 6.54 Å². The van der Waals surface area contributed by atoms with Gasteiger partial charge < -0.3 is 19.5 Å². The molecule has 1 heterocycles. The highest BCUT2D eigenvalue weighted by atomic mass is 16.6. The third kappa shape index (κ3) is 3.50. The predicted molar refractivity (Wildman–Crippen MR) is 80.3 cm³/mol. The van der Waals surface area contributed by atoms with E-state index in [1.165, 1.54) is 18.1 Å². The lowest BCUT2D eigenvalue weighted by Gasteiger charge is -2.32. The number of benzene rings is 1. The molecule has 6 heteroatoms. The van der Waals surface area contributed by atoms with Crippen LogP contribution in [-0.2, 0) is 17.7 Å². The zero-order valence-corrected chi connectivity index (χ0v) is 13.3. The summed E-state index contributed by atoms with van der Waals surface area (Å²) in [5, 5.41) is 9.38. The van der Waals surface area contributed by atoms with Gasteiger partial charge in [0.2, 0.25) is 0 Å². The van der Waals surface area contributed by atoms with Gasteiger partial charge in [-0.15, -0.1) is 0 Å². The molecular formula is C16H21NO5. The summed E-state index contributed by atoms with van der Waals surface area (Å²) < 4.78 is 10.5. The van der Waals surface area contributed by atoms with Crippen molar-refractivity contribution in [2.24, 2.45) is 0 Å². The van der Waals surface area contributed by atoms with Crippen molar-refractivity contribution in [2.75, 3.05) is 13.7 Å². The molecule has 1 N–H and O–H groups in total. The van der Waals surface area contributed by atoms with E-state index in [0.717, 1.165) is 5.56 Å². The summed E-state index contributed by atoms with van der Waals surface area (Å²) in [6, 6.07) is 3.31. The van der Waals surface area contributed by atoms with E-state index in [0.29, 0.717) is 24.3 Å². The van der Waals surface area contributed by atoms with Crippen molar-refractivity contribution in [3.63, 3.8) is 0 Å². The normalized spacial score (nSPS) is 14.3. The Labute approximate surface area is 129 Å². The molecule has 0 radical (unpaired) electrons. The van der Waals surface area contributed by atoms with Gasteiger partial charge in [-0.1, -0.05) is 0 Å². The van der Waals surface area contributed by atoms with Crippen molar-refractivity contribution < 1.29 is 24.2 Å². The standard InChI is InChI=1S/C16H21NO5/c1-16(2,3)22-15(20)17-6-5-10-7-11(21-4)8-12(14(18)19)13(10)9-17/h7-8H,5-6,9H2,1-4H3,(H,18,19). The smallest absolute Gasteiger partial charge is 0.410 e. The molecule has 0 atom stereocenters. The van der Waals surface area contributed by atoms with Gasteiger partial charge in [0.25, 0.3) is 0 Å². The lowest BCUT2D eigenvalue weighted by molar-refractivity contribution is 0.0221. The zero-order chi connectivity index (χ0) is 16.5. The van der Waals surface area contributed by atoms with Gasteiger partial charge >= 0.3 is 12.1 Å². The highest BCUT2D eigenvalue weighted by Crippen LogP contribution is 2.28. The van der Waals surface area contributed by atoms with Crippen LogP contribution in [0.3, 0.4) is 0 Å². The summed E-state index contributed by atoms with van der Waals surface area (Å²) in [6.45, 7) is 6.13. The van der Waals surface area contributed by atoms with Crippen molar-refractivity contribution in [3.8, 4) is 5.75 Å². The molecule has 6 nitrogen and oxygen atoms in total. The first-order chi connectivity index (χ1) is 10.2. The zero-order valence-electron chi connectivity index (χ0n) is 13.3. The topological polar surface area (TPSA) is 76.1 Å². The number of carbonyl (C=O) groups excluding carboxylic acids is 1. The van der Waals surface area contributed by atoms with Crippen molar-refractivity contribution in [3.05, 3.63) is 28.8 Å². The Morgan fingerprint density at radius 2 is 1.95 bits per heavy atom. The average molecular weight is 307 g/mol. The molecule has 2 rings (SSSR count). The summed E-state index contributed by atoms with van der Waals surface area (Å²) in [5.41, 5.74) is 1.14. The lowest BCUT2D eigenvalue weighted by Crippen LogP contribution is -2.40. The van der Waals surface area contributed by atoms with Crippen molar-refractivity contribution in [2.45, 2.75) is 39.3 Å². The second kappa shape index (κ2) is 5.87. The van der Waals surface area contributed by atoms with Gasteiger partial charge in [0.15, 0.2) is 0 Å². The molecule has 0 aliphatic carbocycles. The first-order valence-corrected chi connectivity index (χ1v) is 7.12. The third-order valence-electron chi connectivity index (χ3n) is 3.43. The molecule has 0 saturated heterocycles. The molecule has 1 aromatic rings. The van der Waals surface area contributed by atoms with Gasteiger partial charge in [-0.2, -0.15) is 0 Å². The first kappa shape index (κ1) is 16.1. The number of methoxy groups -OCH3 is 1. The van der Waals surface area contributed by atoms with E-state index in [4.69, 9.17) is 9.47 Å². The summed E-state index contributed by atoms with van der Waals surface area (Å²) in [5.74, 6) is -0.511. The maximum atomic E-state index is 12.2. The average Bonchev–Trinajstić information content (AvgIpc) is 2.43. The minimum Gasteiger partial charge on any atom is -0.497 e. The van der Waals surface area contributed by atoms with E-state index < -0.39 is 17.7 Å². The fraction of sp³-hybridized carbons (Fsp3) is 0.500. The maximum absolute atomic E-state index is 12.2. The number of carboxylic acid groups (broad SMARTS) is 1. The Hall–Kier alpha value is -2.24. The van der Waals surface area contributed by atoms with Crippen LogP contribution in [0.5, 0.6) is 5.75 Å². The molecular weight excluding hydrogens is 286 g/mol. The molecule has 0 saturated carbocycles. The number of ether oxygens (including phenoxy) is 2. The number of rotatable bonds is 2. The van der Waals surface area contributed by atoms with Gasteiger partial charge in [0.1, 0.15) is 11.4 Å². The predicted octanol–water partition coefficient (Wildman–Crippen LogP) is 2.69. The quantitative estimate of drug-likeness (QED) is 0.909. The van der Waals surface area contributed by atoms with Crippen molar-refractivity contribution in [1.82, 2.24) is 4.90 Å². The van der Waals surface area contributed by atoms with Crippen LogP contribution < -0.4 is 4.74 Å². The van der Waals surface area contributed by atoms with Crippen LogP contribution in [0.4, 0.5) is 4.79 Å². The highest BCUT2D eigenvalue weighted by molar-refractivity contribution is 5.90. The van der Waals surface area contributed by atoms with Crippen LogP contribution in [0.1, 0.15) is 42.3 Å². The highest BCUT2D eigenvalue weighted by Gasteiger charge is 2.28. The minimum atomic E-state index is -1.03. The van der Waals surface area contributed by atoms with E-state index in [2.05, 4.69) is 0 Å². The number of carboxylic acids is 1. The molecule has 0 fully saturated rings. The molecule has 1 aromatic carbocycles. The Morgan fingerprint density at radius 1 is 1.27 bits per heavy atom. The fourth-order valence-corrected chi connectivity index (χ4v) is 2.43. The Kier molecular flexibility index (Phi) is 4.30. The number of hydrogen-bond acceptors (Lipinski definition) is 4. The summed E-state index contributed by atoms with van der Waals surface area (Å²) >= 11 is 0. The molecule has 22 heavy (non-hydrogen) atoms. The van der Waals surface area contributed by atoms with Gasteiger partial charge in [-0.05, 0) is 50.5 Å². The Balaban J connectivity index is 2.29. The maximum Gasteiger partial charge on any atom is 0.410 e. The van der Waals surface area contributed by atoms with Crippen LogP contribution in [0, 0.1) is 0 Å². The van der Waals surface area contributed by atoms with Gasteiger partial charge in [-0.25, -0.2) is 9.59 Å². The van der Waals surface area contributed by atoms with Crippen LogP contribution >= 0.6 is 0 Å². The number of carbonyl (C=O) groups is 2. The molecule has 0 spiro atoms.